The summed E-state index contributed by atoms with van der Waals surface area (Å²) in [5, 5.41) is -0.0250. The Morgan fingerprint density at radius 1 is 1.33 bits per heavy atom. The van der Waals surface area contributed by atoms with Crippen LogP contribution in [0, 0.1) is 0 Å². The summed E-state index contributed by atoms with van der Waals surface area (Å²) in [6.45, 7) is 10.7. The number of carbonyl (C=O) groups is 1. The fraction of sp³-hybridized carbons (Fsp3) is 0.909. The van der Waals surface area contributed by atoms with Crippen LogP contribution >= 0.6 is 11.8 Å². The average Bonchev–Trinajstić information content (AvgIpc) is 2.20. The van der Waals surface area contributed by atoms with Crippen LogP contribution in [0.1, 0.15) is 34.1 Å². The first-order valence-corrected chi connectivity index (χ1v) is 6.76. The Morgan fingerprint density at radius 3 is 2.20 bits per heavy atom. The lowest BCUT2D eigenvalue weighted by Crippen LogP contribution is -2.36. The van der Waals surface area contributed by atoms with Crippen molar-refractivity contribution in [2.24, 2.45) is 5.73 Å². The van der Waals surface area contributed by atoms with Crippen molar-refractivity contribution >= 4 is 17.7 Å². The van der Waals surface area contributed by atoms with Gasteiger partial charge in [-0.1, -0.05) is 20.8 Å². The Morgan fingerprint density at radius 2 is 1.87 bits per heavy atom. The minimum absolute atomic E-state index is 0.0250. The molecule has 0 heterocycles. The topological polar surface area (TPSA) is 46.3 Å². The summed E-state index contributed by atoms with van der Waals surface area (Å²) in [6.07, 6.45) is 0.824. The van der Waals surface area contributed by atoms with E-state index >= 15 is 0 Å². The summed E-state index contributed by atoms with van der Waals surface area (Å²) in [5.74, 6) is 0.789. The van der Waals surface area contributed by atoms with Gasteiger partial charge in [-0.2, -0.15) is 0 Å². The summed E-state index contributed by atoms with van der Waals surface area (Å²) in [5.41, 5.74) is 5.30. The van der Waals surface area contributed by atoms with Crippen LogP contribution in [-0.2, 0) is 4.79 Å². The predicted molar refractivity (Wildman–Crippen MR) is 68.1 cm³/mol. The molecule has 15 heavy (non-hydrogen) atoms. The average molecular weight is 232 g/mol. The van der Waals surface area contributed by atoms with E-state index in [2.05, 4.69) is 25.7 Å². The van der Waals surface area contributed by atoms with Gasteiger partial charge in [0, 0.05) is 11.8 Å². The van der Waals surface area contributed by atoms with E-state index in [1.807, 2.05) is 6.92 Å². The van der Waals surface area contributed by atoms with E-state index in [1.54, 1.807) is 11.8 Å². The molecule has 0 bridgehead atoms. The molecule has 0 spiro atoms. The first-order chi connectivity index (χ1) is 7.06. The lowest BCUT2D eigenvalue weighted by Gasteiger charge is -2.26. The van der Waals surface area contributed by atoms with Gasteiger partial charge in [0.25, 0.3) is 0 Å². The lowest BCUT2D eigenvalue weighted by molar-refractivity contribution is -0.117. The number of nitrogens with zero attached hydrogens (tertiary/aromatic N) is 1. The SMILES string of the molecule is CCC(SCC(C)N(CC)CC)C(N)=O. The van der Waals surface area contributed by atoms with Gasteiger partial charge in [-0.15, -0.1) is 11.8 Å². The summed E-state index contributed by atoms with van der Waals surface area (Å²) in [6, 6.07) is 0.512. The molecular weight excluding hydrogens is 208 g/mol. The van der Waals surface area contributed by atoms with Crippen molar-refractivity contribution in [1.29, 1.82) is 0 Å². The fourth-order valence-corrected chi connectivity index (χ4v) is 2.73. The summed E-state index contributed by atoms with van der Waals surface area (Å²) in [4.78, 5) is 13.4. The minimum atomic E-state index is -0.186. The molecule has 0 aliphatic rings. The van der Waals surface area contributed by atoms with Crippen LogP contribution in [0.25, 0.3) is 0 Å². The molecule has 2 atom stereocenters. The molecule has 1 amide bonds. The Bertz CT molecular complexity index is 183. The van der Waals surface area contributed by atoms with Gasteiger partial charge >= 0.3 is 0 Å². The fourth-order valence-electron chi connectivity index (χ4n) is 1.61. The van der Waals surface area contributed by atoms with Gasteiger partial charge in [0.15, 0.2) is 0 Å². The molecule has 0 aliphatic heterocycles. The highest BCUT2D eigenvalue weighted by molar-refractivity contribution is 8.00. The van der Waals surface area contributed by atoms with E-state index in [1.165, 1.54) is 0 Å². The molecule has 0 rings (SSSR count). The Balaban J connectivity index is 3.96. The molecule has 0 aromatic carbocycles. The highest BCUT2D eigenvalue weighted by Crippen LogP contribution is 2.17. The van der Waals surface area contributed by atoms with Gasteiger partial charge in [-0.3, -0.25) is 4.79 Å². The van der Waals surface area contributed by atoms with Crippen LogP contribution in [0.4, 0.5) is 0 Å². The van der Waals surface area contributed by atoms with Crippen LogP contribution < -0.4 is 5.73 Å². The second-order valence-electron chi connectivity index (χ2n) is 3.70. The number of rotatable bonds is 8. The van der Waals surface area contributed by atoms with Gasteiger partial charge in [-0.05, 0) is 26.4 Å². The van der Waals surface area contributed by atoms with Crippen molar-refractivity contribution < 1.29 is 4.79 Å². The highest BCUT2D eigenvalue weighted by atomic mass is 32.2. The first kappa shape index (κ1) is 14.8. The number of amides is 1. The third-order valence-corrected chi connectivity index (χ3v) is 4.31. The van der Waals surface area contributed by atoms with Gasteiger partial charge < -0.3 is 10.6 Å². The van der Waals surface area contributed by atoms with Crippen molar-refractivity contribution in [3.63, 3.8) is 0 Å². The van der Waals surface area contributed by atoms with E-state index in [0.717, 1.165) is 25.3 Å². The van der Waals surface area contributed by atoms with Gasteiger partial charge in [0.2, 0.25) is 5.91 Å². The number of carbonyl (C=O) groups excluding carboxylic acids is 1. The maximum Gasteiger partial charge on any atom is 0.230 e. The van der Waals surface area contributed by atoms with Gasteiger partial charge in [0.05, 0.1) is 5.25 Å². The summed E-state index contributed by atoms with van der Waals surface area (Å²) >= 11 is 1.68. The largest absolute Gasteiger partial charge is 0.369 e. The quantitative estimate of drug-likeness (QED) is 0.693. The Labute approximate surface area is 97.8 Å². The third-order valence-electron chi connectivity index (χ3n) is 2.66. The second kappa shape index (κ2) is 7.99. The number of nitrogens with two attached hydrogens (primary N) is 1. The maximum absolute atomic E-state index is 11.0. The lowest BCUT2D eigenvalue weighted by atomic mass is 10.3. The number of hydrogen-bond donors (Lipinski definition) is 1. The Hall–Kier alpha value is -0.220. The molecule has 2 unspecified atom stereocenters. The molecule has 0 aromatic heterocycles. The summed E-state index contributed by atoms with van der Waals surface area (Å²) < 4.78 is 0. The molecule has 0 radical (unpaired) electrons. The van der Waals surface area contributed by atoms with Crippen molar-refractivity contribution in [1.82, 2.24) is 4.90 Å². The number of hydrogen-bond acceptors (Lipinski definition) is 3. The molecule has 0 saturated heterocycles. The molecule has 0 saturated carbocycles. The molecule has 0 aliphatic carbocycles. The number of primary amides is 1. The smallest absolute Gasteiger partial charge is 0.230 e. The van der Waals surface area contributed by atoms with Gasteiger partial charge in [0.1, 0.15) is 0 Å². The zero-order chi connectivity index (χ0) is 11.8. The zero-order valence-electron chi connectivity index (χ0n) is 10.3. The zero-order valence-corrected chi connectivity index (χ0v) is 11.1. The summed E-state index contributed by atoms with van der Waals surface area (Å²) in [7, 11) is 0. The van der Waals surface area contributed by atoms with Crippen molar-refractivity contribution in [3.8, 4) is 0 Å². The van der Waals surface area contributed by atoms with Gasteiger partial charge in [-0.25, -0.2) is 0 Å². The standard InChI is InChI=1S/C11H24N2OS/c1-5-10(11(12)14)15-8-9(4)13(6-2)7-3/h9-10H,5-8H2,1-4H3,(H2,12,14). The molecule has 4 heteroatoms. The molecule has 3 nitrogen and oxygen atoms in total. The van der Waals surface area contributed by atoms with E-state index in [4.69, 9.17) is 5.73 Å². The Kier molecular flexibility index (Phi) is 7.88. The molecule has 0 fully saturated rings. The molecular formula is C11H24N2OS. The predicted octanol–water partition coefficient (Wildman–Crippen LogP) is 1.71. The van der Waals surface area contributed by atoms with E-state index in [0.29, 0.717) is 6.04 Å². The number of thioether (sulfide) groups is 1. The van der Waals surface area contributed by atoms with Crippen molar-refractivity contribution in [2.75, 3.05) is 18.8 Å². The van der Waals surface area contributed by atoms with Crippen LogP contribution in [0.5, 0.6) is 0 Å². The molecule has 90 valence electrons. The maximum atomic E-state index is 11.0. The van der Waals surface area contributed by atoms with Crippen LogP contribution in [0.15, 0.2) is 0 Å². The molecule has 0 aromatic rings. The first-order valence-electron chi connectivity index (χ1n) is 5.71. The van der Waals surface area contributed by atoms with Crippen LogP contribution in [-0.4, -0.2) is 40.9 Å². The van der Waals surface area contributed by atoms with E-state index in [-0.39, 0.29) is 11.2 Å². The highest BCUT2D eigenvalue weighted by Gasteiger charge is 2.16. The normalized spacial score (nSPS) is 15.3. The van der Waals surface area contributed by atoms with Crippen LogP contribution in [0.2, 0.25) is 0 Å². The molecule has 2 N–H and O–H groups in total. The van der Waals surface area contributed by atoms with Crippen LogP contribution in [0.3, 0.4) is 0 Å². The van der Waals surface area contributed by atoms with E-state index < -0.39 is 0 Å². The van der Waals surface area contributed by atoms with Crippen molar-refractivity contribution in [3.05, 3.63) is 0 Å². The third kappa shape index (κ3) is 5.42. The minimum Gasteiger partial charge on any atom is -0.369 e. The van der Waals surface area contributed by atoms with E-state index in [9.17, 15) is 4.79 Å². The van der Waals surface area contributed by atoms with Crippen molar-refractivity contribution in [2.45, 2.75) is 45.4 Å². The second-order valence-corrected chi connectivity index (χ2v) is 4.94. The monoisotopic (exact) mass is 232 g/mol.